The summed E-state index contributed by atoms with van der Waals surface area (Å²) in [5.74, 6) is -0.0445. The van der Waals surface area contributed by atoms with Crippen molar-refractivity contribution < 1.29 is 14.3 Å². The number of alkyl carbamates (subject to hydrolysis) is 1. The lowest BCUT2D eigenvalue weighted by molar-refractivity contribution is -0.117. The van der Waals surface area contributed by atoms with Gasteiger partial charge in [0.1, 0.15) is 6.61 Å². The van der Waals surface area contributed by atoms with E-state index >= 15 is 0 Å². The molecular formula is C21H21N3O3. The molecule has 0 saturated heterocycles. The zero-order chi connectivity index (χ0) is 18.6. The number of hydrogen-bond donors (Lipinski definition) is 2. The maximum absolute atomic E-state index is 12.6. The molecule has 138 valence electrons. The number of rotatable bonds is 4. The molecule has 6 heteroatoms. The van der Waals surface area contributed by atoms with Gasteiger partial charge in [0, 0.05) is 17.2 Å². The van der Waals surface area contributed by atoms with Gasteiger partial charge in [0.15, 0.2) is 0 Å². The Balaban J connectivity index is 1.50. The molecule has 27 heavy (non-hydrogen) atoms. The first-order valence-corrected chi connectivity index (χ1v) is 9.16. The third-order valence-electron chi connectivity index (χ3n) is 4.94. The van der Waals surface area contributed by atoms with E-state index in [-0.39, 0.29) is 12.5 Å². The van der Waals surface area contributed by atoms with Gasteiger partial charge in [-0.2, -0.15) is 0 Å². The number of fused-ring (bicyclic) bond motifs is 1. The van der Waals surface area contributed by atoms with E-state index in [9.17, 15) is 9.59 Å². The van der Waals surface area contributed by atoms with Crippen molar-refractivity contribution in [3.8, 4) is 0 Å². The van der Waals surface area contributed by atoms with E-state index in [1.165, 1.54) is 0 Å². The van der Waals surface area contributed by atoms with E-state index in [4.69, 9.17) is 4.74 Å². The van der Waals surface area contributed by atoms with Crippen LogP contribution in [0, 0.1) is 5.92 Å². The van der Waals surface area contributed by atoms with Crippen molar-refractivity contribution in [2.45, 2.75) is 32.0 Å². The number of amides is 2. The smallest absolute Gasteiger partial charge is 0.409 e. The quantitative estimate of drug-likeness (QED) is 0.873. The van der Waals surface area contributed by atoms with Crippen LogP contribution < -0.4 is 10.6 Å². The first-order valence-electron chi connectivity index (χ1n) is 9.16. The van der Waals surface area contributed by atoms with Crippen molar-refractivity contribution in [1.29, 1.82) is 0 Å². The van der Waals surface area contributed by atoms with Crippen molar-refractivity contribution in [1.82, 2.24) is 5.32 Å². The van der Waals surface area contributed by atoms with Gasteiger partial charge < -0.3 is 10.1 Å². The molecule has 4 rings (SSSR count). The van der Waals surface area contributed by atoms with Crippen molar-refractivity contribution in [3.63, 3.8) is 0 Å². The largest absolute Gasteiger partial charge is 0.445 e. The molecule has 2 aromatic rings. The van der Waals surface area contributed by atoms with E-state index in [1.807, 2.05) is 54.6 Å². The van der Waals surface area contributed by atoms with Crippen molar-refractivity contribution in [2.75, 3.05) is 5.32 Å². The molecule has 1 unspecified atom stereocenters. The predicted molar refractivity (Wildman–Crippen MR) is 103 cm³/mol. The van der Waals surface area contributed by atoms with E-state index in [0.29, 0.717) is 5.92 Å². The van der Waals surface area contributed by atoms with E-state index in [0.717, 1.165) is 41.8 Å². The summed E-state index contributed by atoms with van der Waals surface area (Å²) in [4.78, 5) is 29.4. The van der Waals surface area contributed by atoms with Gasteiger partial charge in [-0.15, -0.1) is 0 Å². The average Bonchev–Trinajstić information content (AvgIpc) is 2.77. The minimum Gasteiger partial charge on any atom is -0.445 e. The van der Waals surface area contributed by atoms with Crippen LogP contribution in [0.2, 0.25) is 0 Å². The third kappa shape index (κ3) is 3.84. The Morgan fingerprint density at radius 1 is 1.11 bits per heavy atom. The normalized spacial score (nSPS) is 19.0. The van der Waals surface area contributed by atoms with Crippen molar-refractivity contribution in [3.05, 3.63) is 65.7 Å². The van der Waals surface area contributed by atoms with Crippen LogP contribution in [0.3, 0.4) is 0 Å². The molecule has 1 aliphatic carbocycles. The number of nitrogens with one attached hydrogen (secondary N) is 2. The van der Waals surface area contributed by atoms with E-state index in [2.05, 4.69) is 15.6 Å². The molecular weight excluding hydrogens is 342 g/mol. The van der Waals surface area contributed by atoms with Crippen LogP contribution in [-0.4, -0.2) is 23.9 Å². The van der Waals surface area contributed by atoms with Crippen LogP contribution in [0.4, 0.5) is 10.5 Å². The first-order chi connectivity index (χ1) is 13.2. The highest BCUT2D eigenvalue weighted by molar-refractivity contribution is 6.13. The number of nitrogens with zero attached hydrogens (tertiary/aromatic N) is 1. The highest BCUT2D eigenvalue weighted by Crippen LogP contribution is 2.34. The number of benzene rings is 2. The number of carbonyl (C=O) groups is 2. The summed E-state index contributed by atoms with van der Waals surface area (Å²) in [5, 5.41) is 5.45. The summed E-state index contributed by atoms with van der Waals surface area (Å²) in [7, 11) is 0. The topological polar surface area (TPSA) is 79.8 Å². The Bertz CT molecular complexity index is 875. The molecule has 2 aromatic carbocycles. The fraction of sp³-hybridized carbons (Fsp3) is 0.286. The van der Waals surface area contributed by atoms with Crippen LogP contribution >= 0.6 is 0 Å². The van der Waals surface area contributed by atoms with Gasteiger partial charge in [-0.3, -0.25) is 15.1 Å². The van der Waals surface area contributed by atoms with Gasteiger partial charge in [0.25, 0.3) is 5.91 Å². The number of para-hydroxylation sites is 1. The zero-order valence-corrected chi connectivity index (χ0v) is 14.9. The molecule has 2 N–H and O–H groups in total. The second kappa shape index (κ2) is 7.61. The fourth-order valence-electron chi connectivity index (χ4n) is 3.27. The number of aliphatic imine (C=N–C) groups is 1. The summed E-state index contributed by atoms with van der Waals surface area (Å²) in [6, 6.07) is 17.0. The summed E-state index contributed by atoms with van der Waals surface area (Å²) in [5.41, 5.74) is 3.42. The summed E-state index contributed by atoms with van der Waals surface area (Å²) < 4.78 is 5.23. The van der Waals surface area contributed by atoms with Crippen LogP contribution in [0.1, 0.15) is 30.4 Å². The molecule has 0 radical (unpaired) electrons. The molecule has 0 spiro atoms. The zero-order valence-electron chi connectivity index (χ0n) is 14.9. The summed E-state index contributed by atoms with van der Waals surface area (Å²) in [6.07, 6.45) is 1.58. The van der Waals surface area contributed by atoms with Gasteiger partial charge >= 0.3 is 6.09 Å². The maximum Gasteiger partial charge on any atom is 0.409 e. The van der Waals surface area contributed by atoms with E-state index in [1.54, 1.807) is 0 Å². The lowest BCUT2D eigenvalue weighted by Crippen LogP contribution is -2.42. The Labute approximate surface area is 157 Å². The Morgan fingerprint density at radius 3 is 2.59 bits per heavy atom. The Kier molecular flexibility index (Phi) is 4.87. The number of hydrogen-bond acceptors (Lipinski definition) is 4. The number of anilines is 1. The molecule has 0 bridgehead atoms. The monoisotopic (exact) mass is 363 g/mol. The number of benzodiazepines with no additional fused rings is 1. The molecule has 1 heterocycles. The van der Waals surface area contributed by atoms with Crippen LogP contribution in [0.15, 0.2) is 59.6 Å². The van der Waals surface area contributed by atoms with Crippen LogP contribution in [0.5, 0.6) is 0 Å². The SMILES string of the molecule is O=C(NC1N=C(C2CCC2)c2ccccc2NC1=O)OCc1ccccc1. The van der Waals surface area contributed by atoms with Crippen LogP contribution in [-0.2, 0) is 16.1 Å². The van der Waals surface area contributed by atoms with Gasteiger partial charge in [-0.1, -0.05) is 55.0 Å². The lowest BCUT2D eigenvalue weighted by atomic mass is 9.79. The second-order valence-electron chi connectivity index (χ2n) is 6.79. The average molecular weight is 363 g/mol. The van der Waals surface area contributed by atoms with Gasteiger partial charge in [-0.05, 0) is 24.5 Å². The molecule has 1 aliphatic heterocycles. The molecule has 2 aliphatic rings. The third-order valence-corrected chi connectivity index (χ3v) is 4.94. The Hall–Kier alpha value is -3.15. The first kappa shape index (κ1) is 17.3. The molecule has 6 nitrogen and oxygen atoms in total. The van der Waals surface area contributed by atoms with Gasteiger partial charge in [0.05, 0.1) is 5.71 Å². The van der Waals surface area contributed by atoms with Crippen molar-refractivity contribution in [2.24, 2.45) is 10.9 Å². The maximum atomic E-state index is 12.6. The summed E-state index contributed by atoms with van der Waals surface area (Å²) >= 11 is 0. The fourth-order valence-corrected chi connectivity index (χ4v) is 3.27. The minimum absolute atomic E-state index is 0.139. The predicted octanol–water partition coefficient (Wildman–Crippen LogP) is 3.48. The van der Waals surface area contributed by atoms with Gasteiger partial charge in [-0.25, -0.2) is 4.79 Å². The van der Waals surface area contributed by atoms with Crippen molar-refractivity contribution >= 4 is 23.4 Å². The minimum atomic E-state index is -1.00. The Morgan fingerprint density at radius 2 is 1.85 bits per heavy atom. The lowest BCUT2D eigenvalue weighted by Gasteiger charge is -2.27. The highest BCUT2D eigenvalue weighted by atomic mass is 16.5. The molecule has 0 aromatic heterocycles. The molecule has 1 atom stereocenters. The number of carbonyl (C=O) groups excluding carboxylic acids is 2. The molecule has 1 fully saturated rings. The summed E-state index contributed by atoms with van der Waals surface area (Å²) in [6.45, 7) is 0.139. The standard InChI is InChI=1S/C21H21N3O3/c25-20-19(24-21(26)27-13-14-7-2-1-3-8-14)23-18(15-9-6-10-15)16-11-4-5-12-17(16)22-20/h1-5,7-8,11-12,15,19H,6,9-10,13H2,(H,22,25)(H,24,26). The number of ether oxygens (including phenoxy) is 1. The molecule has 1 saturated carbocycles. The highest BCUT2D eigenvalue weighted by Gasteiger charge is 2.32. The second-order valence-corrected chi connectivity index (χ2v) is 6.79. The van der Waals surface area contributed by atoms with Gasteiger partial charge in [0.2, 0.25) is 6.17 Å². The molecule has 2 amide bonds. The van der Waals surface area contributed by atoms with E-state index < -0.39 is 12.3 Å². The van der Waals surface area contributed by atoms with Crippen LogP contribution in [0.25, 0.3) is 0 Å².